The fraction of sp³-hybridized carbons (Fsp3) is 0.133. The first-order valence-corrected chi connectivity index (χ1v) is 7.08. The van der Waals surface area contributed by atoms with Crippen LogP contribution in [0, 0.1) is 6.92 Å². The Morgan fingerprint density at radius 1 is 1.19 bits per heavy atom. The Kier molecular flexibility index (Phi) is 3.43. The standard InChI is InChI=1S/C15H12Cl2N2O2/c1-7-3-2-4-9-12(7)18-14(19-15(9)21)10-5-8(16)6-11(17)13(10)20/h2-6,14,18,20H,1H3,(H,19,21). The van der Waals surface area contributed by atoms with Crippen LogP contribution in [0.5, 0.6) is 5.75 Å². The van der Waals surface area contributed by atoms with E-state index in [1.807, 2.05) is 19.1 Å². The van der Waals surface area contributed by atoms with Crippen molar-refractivity contribution in [1.82, 2.24) is 5.32 Å². The Hall–Kier alpha value is -1.91. The van der Waals surface area contributed by atoms with Crippen molar-refractivity contribution in [2.75, 3.05) is 5.32 Å². The van der Waals surface area contributed by atoms with Crippen molar-refractivity contribution >= 4 is 34.8 Å². The number of phenolic OH excluding ortho intramolecular Hbond substituents is 1. The van der Waals surface area contributed by atoms with Crippen LogP contribution in [-0.2, 0) is 0 Å². The average molecular weight is 323 g/mol. The quantitative estimate of drug-likeness (QED) is 0.747. The van der Waals surface area contributed by atoms with Crippen LogP contribution in [0.1, 0.15) is 27.7 Å². The molecule has 6 heteroatoms. The Morgan fingerprint density at radius 2 is 1.95 bits per heavy atom. The maximum Gasteiger partial charge on any atom is 0.255 e. The molecule has 0 saturated carbocycles. The van der Waals surface area contributed by atoms with Crippen molar-refractivity contribution in [2.45, 2.75) is 13.1 Å². The van der Waals surface area contributed by atoms with E-state index in [1.54, 1.807) is 12.1 Å². The molecule has 0 aromatic heterocycles. The molecular weight excluding hydrogens is 311 g/mol. The molecule has 1 aliphatic rings. The van der Waals surface area contributed by atoms with E-state index in [0.717, 1.165) is 11.3 Å². The molecule has 3 rings (SSSR count). The van der Waals surface area contributed by atoms with Gasteiger partial charge in [0.05, 0.1) is 16.3 Å². The SMILES string of the molecule is Cc1cccc2c1NC(c1cc(Cl)cc(Cl)c1O)NC2=O. The van der Waals surface area contributed by atoms with Gasteiger partial charge < -0.3 is 15.7 Å². The summed E-state index contributed by atoms with van der Waals surface area (Å²) in [6.45, 7) is 1.91. The monoisotopic (exact) mass is 322 g/mol. The molecule has 0 saturated heterocycles. The highest BCUT2D eigenvalue weighted by Gasteiger charge is 2.28. The smallest absolute Gasteiger partial charge is 0.255 e. The molecule has 108 valence electrons. The first-order chi connectivity index (χ1) is 9.97. The normalized spacial score (nSPS) is 16.9. The maximum atomic E-state index is 12.2. The minimum atomic E-state index is -0.595. The molecule has 1 aliphatic heterocycles. The molecule has 0 radical (unpaired) electrons. The summed E-state index contributed by atoms with van der Waals surface area (Å²) >= 11 is 11.9. The zero-order valence-electron chi connectivity index (χ0n) is 11.1. The molecule has 1 atom stereocenters. The van der Waals surface area contributed by atoms with Crippen LogP contribution in [-0.4, -0.2) is 11.0 Å². The second-order valence-electron chi connectivity index (χ2n) is 4.87. The van der Waals surface area contributed by atoms with Gasteiger partial charge >= 0.3 is 0 Å². The van der Waals surface area contributed by atoms with Gasteiger partial charge in [-0.25, -0.2) is 0 Å². The van der Waals surface area contributed by atoms with Gasteiger partial charge in [-0.2, -0.15) is 0 Å². The number of hydrogen-bond acceptors (Lipinski definition) is 3. The number of aryl methyl sites for hydroxylation is 1. The summed E-state index contributed by atoms with van der Waals surface area (Å²) in [5.41, 5.74) is 2.68. The Balaban J connectivity index is 2.08. The predicted octanol–water partition coefficient (Wildman–Crippen LogP) is 3.86. The van der Waals surface area contributed by atoms with E-state index in [-0.39, 0.29) is 16.7 Å². The first kappa shape index (κ1) is 14.0. The van der Waals surface area contributed by atoms with Crippen molar-refractivity contribution < 1.29 is 9.90 Å². The van der Waals surface area contributed by atoms with E-state index in [9.17, 15) is 9.90 Å². The number of phenols is 1. The van der Waals surface area contributed by atoms with Gasteiger partial charge in [0.2, 0.25) is 0 Å². The topological polar surface area (TPSA) is 61.4 Å². The number of benzene rings is 2. The van der Waals surface area contributed by atoms with Crippen LogP contribution in [0.3, 0.4) is 0 Å². The number of hydrogen-bond donors (Lipinski definition) is 3. The summed E-state index contributed by atoms with van der Waals surface area (Å²) in [7, 11) is 0. The van der Waals surface area contributed by atoms with Crippen molar-refractivity contribution in [2.24, 2.45) is 0 Å². The van der Waals surface area contributed by atoms with Gasteiger partial charge in [0.25, 0.3) is 5.91 Å². The third kappa shape index (κ3) is 2.41. The Morgan fingerprint density at radius 3 is 2.71 bits per heavy atom. The molecule has 0 bridgehead atoms. The lowest BCUT2D eigenvalue weighted by atomic mass is 10.0. The van der Waals surface area contributed by atoms with Crippen molar-refractivity contribution in [3.8, 4) is 5.75 Å². The van der Waals surface area contributed by atoms with Crippen molar-refractivity contribution in [3.63, 3.8) is 0 Å². The highest BCUT2D eigenvalue weighted by molar-refractivity contribution is 6.35. The van der Waals surface area contributed by atoms with E-state index in [2.05, 4.69) is 10.6 Å². The van der Waals surface area contributed by atoms with E-state index in [0.29, 0.717) is 16.1 Å². The van der Waals surface area contributed by atoms with Crippen LogP contribution in [0.4, 0.5) is 5.69 Å². The summed E-state index contributed by atoms with van der Waals surface area (Å²) in [5.74, 6) is -0.316. The highest BCUT2D eigenvalue weighted by Crippen LogP contribution is 2.37. The second kappa shape index (κ2) is 5.13. The number of para-hydroxylation sites is 1. The van der Waals surface area contributed by atoms with Crippen LogP contribution in [0.25, 0.3) is 0 Å². The van der Waals surface area contributed by atoms with Gasteiger partial charge in [0.1, 0.15) is 11.9 Å². The number of rotatable bonds is 1. The summed E-state index contributed by atoms with van der Waals surface area (Å²) < 4.78 is 0. The van der Waals surface area contributed by atoms with Crippen LogP contribution in [0.2, 0.25) is 10.0 Å². The lowest BCUT2D eigenvalue weighted by Crippen LogP contribution is -2.38. The lowest BCUT2D eigenvalue weighted by molar-refractivity contribution is 0.0935. The van der Waals surface area contributed by atoms with Gasteiger partial charge in [-0.05, 0) is 30.7 Å². The molecule has 1 unspecified atom stereocenters. The summed E-state index contributed by atoms with van der Waals surface area (Å²) in [6.07, 6.45) is -0.595. The minimum absolute atomic E-state index is 0.101. The summed E-state index contributed by atoms with van der Waals surface area (Å²) in [5, 5.41) is 16.6. The van der Waals surface area contributed by atoms with Gasteiger partial charge in [0.15, 0.2) is 0 Å². The number of carbonyl (C=O) groups is 1. The fourth-order valence-corrected chi connectivity index (χ4v) is 2.91. The summed E-state index contributed by atoms with van der Waals surface area (Å²) in [6, 6.07) is 8.50. The zero-order valence-corrected chi connectivity index (χ0v) is 12.6. The molecule has 0 fully saturated rings. The number of nitrogens with one attached hydrogen (secondary N) is 2. The molecule has 21 heavy (non-hydrogen) atoms. The number of fused-ring (bicyclic) bond motifs is 1. The molecular formula is C15H12Cl2N2O2. The van der Waals surface area contributed by atoms with Gasteiger partial charge in [0, 0.05) is 10.6 Å². The van der Waals surface area contributed by atoms with Crippen LogP contribution >= 0.6 is 23.2 Å². The van der Waals surface area contributed by atoms with Crippen molar-refractivity contribution in [3.05, 3.63) is 57.1 Å². The van der Waals surface area contributed by atoms with E-state index >= 15 is 0 Å². The third-order valence-electron chi connectivity index (χ3n) is 3.45. The van der Waals surface area contributed by atoms with Crippen LogP contribution < -0.4 is 10.6 Å². The van der Waals surface area contributed by atoms with E-state index in [1.165, 1.54) is 6.07 Å². The molecule has 1 amide bonds. The number of carbonyl (C=O) groups excluding carboxylic acids is 1. The lowest BCUT2D eigenvalue weighted by Gasteiger charge is -2.30. The predicted molar refractivity (Wildman–Crippen MR) is 83.1 cm³/mol. The minimum Gasteiger partial charge on any atom is -0.506 e. The molecule has 1 heterocycles. The first-order valence-electron chi connectivity index (χ1n) is 6.32. The highest BCUT2D eigenvalue weighted by atomic mass is 35.5. The van der Waals surface area contributed by atoms with Gasteiger partial charge in [-0.15, -0.1) is 0 Å². The Bertz CT molecular complexity index is 747. The largest absolute Gasteiger partial charge is 0.506 e. The molecule has 2 aromatic rings. The number of anilines is 1. The fourth-order valence-electron chi connectivity index (χ4n) is 2.40. The summed E-state index contributed by atoms with van der Waals surface area (Å²) in [4.78, 5) is 12.2. The molecule has 0 spiro atoms. The van der Waals surface area contributed by atoms with E-state index in [4.69, 9.17) is 23.2 Å². The molecule has 3 N–H and O–H groups in total. The van der Waals surface area contributed by atoms with Gasteiger partial charge in [-0.1, -0.05) is 35.3 Å². The molecule has 2 aromatic carbocycles. The number of aromatic hydroxyl groups is 1. The molecule has 0 aliphatic carbocycles. The Labute approximate surface area is 131 Å². The third-order valence-corrected chi connectivity index (χ3v) is 3.96. The second-order valence-corrected chi connectivity index (χ2v) is 5.72. The van der Waals surface area contributed by atoms with Gasteiger partial charge in [-0.3, -0.25) is 4.79 Å². The maximum absolute atomic E-state index is 12.2. The molecule has 4 nitrogen and oxygen atoms in total. The zero-order chi connectivity index (χ0) is 15.1. The van der Waals surface area contributed by atoms with Crippen LogP contribution in [0.15, 0.2) is 30.3 Å². The number of amides is 1. The average Bonchev–Trinajstić information content (AvgIpc) is 2.44. The number of halogens is 2. The van der Waals surface area contributed by atoms with E-state index < -0.39 is 6.17 Å². The van der Waals surface area contributed by atoms with Crippen molar-refractivity contribution in [1.29, 1.82) is 0 Å².